The lowest BCUT2D eigenvalue weighted by Gasteiger charge is -1.89. The summed E-state index contributed by atoms with van der Waals surface area (Å²) < 4.78 is 12.1. The summed E-state index contributed by atoms with van der Waals surface area (Å²) in [7, 11) is 0. The molecule has 0 aliphatic heterocycles. The third kappa shape index (κ3) is 1.47. The van der Waals surface area contributed by atoms with Crippen molar-refractivity contribution in [3.63, 3.8) is 0 Å². The van der Waals surface area contributed by atoms with Crippen LogP contribution in [0.1, 0.15) is 5.69 Å². The van der Waals surface area contributed by atoms with Crippen LogP contribution in [0.25, 0.3) is 0 Å². The summed E-state index contributed by atoms with van der Waals surface area (Å²) in [5, 5.41) is 10.1. The summed E-state index contributed by atoms with van der Waals surface area (Å²) in [5.41, 5.74) is 0.245. The monoisotopic (exact) mass is 126 g/mol. The van der Waals surface area contributed by atoms with Gasteiger partial charge in [-0.05, 0) is 12.1 Å². The summed E-state index contributed by atoms with van der Waals surface area (Å²) >= 11 is 0. The van der Waals surface area contributed by atoms with Gasteiger partial charge in [-0.3, -0.25) is 0 Å². The van der Waals surface area contributed by atoms with Gasteiger partial charge >= 0.3 is 0 Å². The molecule has 0 saturated carbocycles. The van der Waals surface area contributed by atoms with Gasteiger partial charge in [-0.25, -0.2) is 10.1 Å². The maximum Gasteiger partial charge on any atom is 0.213 e. The summed E-state index contributed by atoms with van der Waals surface area (Å²) in [6.07, 6.45) is 0. The van der Waals surface area contributed by atoms with E-state index in [9.17, 15) is 9.50 Å². The Balaban J connectivity index is 2.94. The molecule has 0 saturated heterocycles. The Bertz CT molecular complexity index is 202. The molecule has 2 nitrogen and oxygen atoms in total. The fourth-order valence-corrected chi connectivity index (χ4v) is 0.531. The molecule has 0 unspecified atom stereocenters. The molecule has 0 aliphatic carbocycles. The molecule has 0 aromatic carbocycles. The number of hydrogen-bond acceptors (Lipinski definition) is 1. The third-order valence-corrected chi connectivity index (χ3v) is 0.921. The molecule has 1 aromatic heterocycles. The summed E-state index contributed by atoms with van der Waals surface area (Å²) in [4.78, 5) is 3.31. The highest BCUT2D eigenvalue weighted by Crippen LogP contribution is 1.96. The largest absolute Gasteiger partial charge is 0.230 e. The molecular formula is C6H5FNO. The molecule has 3 heteroatoms. The number of hydrogen-bond donors (Lipinski definition) is 0. The van der Waals surface area contributed by atoms with Crippen molar-refractivity contribution < 1.29 is 9.50 Å². The van der Waals surface area contributed by atoms with Crippen LogP contribution in [-0.4, -0.2) is 4.98 Å². The fourth-order valence-electron chi connectivity index (χ4n) is 0.531. The first-order valence-corrected chi connectivity index (χ1v) is 2.52. The van der Waals surface area contributed by atoms with Crippen molar-refractivity contribution in [1.29, 1.82) is 0 Å². The lowest BCUT2D eigenvalue weighted by molar-refractivity contribution is 0.173. The number of halogens is 1. The van der Waals surface area contributed by atoms with E-state index in [2.05, 4.69) is 4.98 Å². The quantitative estimate of drug-likeness (QED) is 0.519. The normalized spacial score (nSPS) is 9.56. The molecule has 0 N–H and O–H groups in total. The topological polar surface area (TPSA) is 32.8 Å². The zero-order valence-corrected chi connectivity index (χ0v) is 4.67. The van der Waals surface area contributed by atoms with Crippen molar-refractivity contribution in [2.45, 2.75) is 6.61 Å². The van der Waals surface area contributed by atoms with Gasteiger partial charge in [-0.2, -0.15) is 4.39 Å². The predicted octanol–water partition coefficient (Wildman–Crippen LogP) is 1.15. The maximum absolute atomic E-state index is 12.1. The Morgan fingerprint density at radius 3 is 2.78 bits per heavy atom. The van der Waals surface area contributed by atoms with Crippen molar-refractivity contribution in [2.75, 3.05) is 0 Å². The van der Waals surface area contributed by atoms with E-state index >= 15 is 0 Å². The van der Waals surface area contributed by atoms with Crippen molar-refractivity contribution in [3.8, 4) is 0 Å². The zero-order valence-electron chi connectivity index (χ0n) is 4.67. The average molecular weight is 126 g/mol. The van der Waals surface area contributed by atoms with Crippen LogP contribution < -0.4 is 0 Å². The summed E-state index contributed by atoms with van der Waals surface area (Å²) in [6, 6.07) is 4.17. The Kier molecular flexibility index (Phi) is 1.75. The van der Waals surface area contributed by atoms with Crippen molar-refractivity contribution in [3.05, 3.63) is 29.8 Å². The molecular weight excluding hydrogens is 121 g/mol. The predicted molar refractivity (Wildman–Crippen MR) is 28.6 cm³/mol. The Hall–Kier alpha value is -0.960. The van der Waals surface area contributed by atoms with Gasteiger partial charge in [-0.15, -0.1) is 0 Å². The molecule has 1 heterocycles. The second-order valence-electron chi connectivity index (χ2n) is 1.60. The van der Waals surface area contributed by atoms with Gasteiger partial charge in [0.05, 0.1) is 5.69 Å². The standard InChI is InChI=1S/C6H5FNO/c7-6-3-1-2-5(4-9)8-6/h1-3H,4H2. The van der Waals surface area contributed by atoms with Crippen LogP contribution in [0.2, 0.25) is 0 Å². The molecule has 0 bridgehead atoms. The maximum atomic E-state index is 12.1. The van der Waals surface area contributed by atoms with Crippen LogP contribution in [0.5, 0.6) is 0 Å². The molecule has 0 amide bonds. The first kappa shape index (κ1) is 6.16. The second kappa shape index (κ2) is 2.55. The molecule has 0 atom stereocenters. The van der Waals surface area contributed by atoms with Crippen LogP contribution in [-0.2, 0) is 11.7 Å². The lowest BCUT2D eigenvalue weighted by Crippen LogP contribution is -1.89. The second-order valence-corrected chi connectivity index (χ2v) is 1.60. The van der Waals surface area contributed by atoms with Crippen molar-refractivity contribution in [1.82, 2.24) is 4.98 Å². The van der Waals surface area contributed by atoms with Crippen LogP contribution in [0.15, 0.2) is 18.2 Å². The minimum atomic E-state index is -0.594. The molecule has 9 heavy (non-hydrogen) atoms. The highest BCUT2D eigenvalue weighted by molar-refractivity contribution is 5.02. The van der Waals surface area contributed by atoms with Gasteiger partial charge in [-0.1, -0.05) is 6.07 Å². The smallest absolute Gasteiger partial charge is 0.213 e. The van der Waals surface area contributed by atoms with E-state index < -0.39 is 12.6 Å². The van der Waals surface area contributed by atoms with Crippen LogP contribution in [0.4, 0.5) is 4.39 Å². The van der Waals surface area contributed by atoms with E-state index in [4.69, 9.17) is 0 Å². The van der Waals surface area contributed by atoms with E-state index in [1.165, 1.54) is 18.2 Å². The van der Waals surface area contributed by atoms with Gasteiger partial charge < -0.3 is 0 Å². The van der Waals surface area contributed by atoms with Gasteiger partial charge in [0.15, 0.2) is 0 Å². The van der Waals surface area contributed by atoms with E-state index in [0.29, 0.717) is 0 Å². The average Bonchev–Trinajstić information content (AvgIpc) is 1.88. The molecule has 1 radical (unpaired) electrons. The first-order chi connectivity index (χ1) is 4.33. The summed E-state index contributed by atoms with van der Waals surface area (Å²) in [5.74, 6) is -0.594. The highest BCUT2D eigenvalue weighted by Gasteiger charge is 1.92. The van der Waals surface area contributed by atoms with Gasteiger partial charge in [0.1, 0.15) is 6.61 Å². The molecule has 0 fully saturated rings. The van der Waals surface area contributed by atoms with Crippen LogP contribution >= 0.6 is 0 Å². The van der Waals surface area contributed by atoms with Crippen molar-refractivity contribution in [2.24, 2.45) is 0 Å². The van der Waals surface area contributed by atoms with E-state index in [1.807, 2.05) is 0 Å². The minimum Gasteiger partial charge on any atom is -0.230 e. The van der Waals surface area contributed by atoms with Gasteiger partial charge in [0.2, 0.25) is 5.95 Å². The fraction of sp³-hybridized carbons (Fsp3) is 0.167. The molecule has 1 aromatic rings. The van der Waals surface area contributed by atoms with E-state index in [0.717, 1.165) is 0 Å². The lowest BCUT2D eigenvalue weighted by atomic mass is 10.4. The van der Waals surface area contributed by atoms with E-state index in [-0.39, 0.29) is 5.69 Å². The van der Waals surface area contributed by atoms with Crippen molar-refractivity contribution >= 4 is 0 Å². The number of nitrogens with zero attached hydrogens (tertiary/aromatic N) is 1. The third-order valence-electron chi connectivity index (χ3n) is 0.921. The summed E-state index contributed by atoms with van der Waals surface area (Å²) in [6.45, 7) is -0.461. The number of aromatic nitrogens is 1. The molecule has 1 rings (SSSR count). The van der Waals surface area contributed by atoms with Gasteiger partial charge in [0, 0.05) is 0 Å². The molecule has 0 spiro atoms. The SMILES string of the molecule is [O]Cc1cccc(F)n1. The Morgan fingerprint density at radius 1 is 1.56 bits per heavy atom. The first-order valence-electron chi connectivity index (χ1n) is 2.52. The number of pyridine rings is 1. The molecule has 0 aliphatic rings. The van der Waals surface area contributed by atoms with Crippen LogP contribution in [0, 0.1) is 5.95 Å². The number of rotatable bonds is 1. The Labute approximate surface area is 52.0 Å². The van der Waals surface area contributed by atoms with E-state index in [1.54, 1.807) is 0 Å². The minimum absolute atomic E-state index is 0.245. The van der Waals surface area contributed by atoms with Gasteiger partial charge in [0.25, 0.3) is 0 Å². The highest BCUT2D eigenvalue weighted by atomic mass is 19.1. The molecule has 47 valence electrons. The van der Waals surface area contributed by atoms with Crippen LogP contribution in [0.3, 0.4) is 0 Å². The zero-order chi connectivity index (χ0) is 6.69. The Morgan fingerprint density at radius 2 is 2.33 bits per heavy atom.